The molecule has 1 unspecified atom stereocenters. The molecule has 1 aromatic rings. The Balaban J connectivity index is 1.63. The van der Waals surface area contributed by atoms with Crippen molar-refractivity contribution in [1.82, 2.24) is 10.2 Å². The number of carbonyl (C=O) groups is 2. The first-order chi connectivity index (χ1) is 11.6. The van der Waals surface area contributed by atoms with Crippen LogP contribution >= 0.6 is 11.8 Å². The number of thioether (sulfide) groups is 1. The van der Waals surface area contributed by atoms with E-state index in [0.717, 1.165) is 19.6 Å². The quantitative estimate of drug-likeness (QED) is 0.631. The number of primary amides is 1. The molecule has 1 aromatic carbocycles. The number of nitrogens with two attached hydrogens (primary N) is 1. The van der Waals surface area contributed by atoms with E-state index in [4.69, 9.17) is 10.5 Å². The van der Waals surface area contributed by atoms with Gasteiger partial charge >= 0.3 is 0 Å². The van der Waals surface area contributed by atoms with E-state index < -0.39 is 5.91 Å². The summed E-state index contributed by atoms with van der Waals surface area (Å²) < 4.78 is 5.72. The van der Waals surface area contributed by atoms with Crippen molar-refractivity contribution < 1.29 is 14.3 Å². The summed E-state index contributed by atoms with van der Waals surface area (Å²) in [5.74, 6) is 0.247. The van der Waals surface area contributed by atoms with E-state index in [2.05, 4.69) is 22.3 Å². The molecule has 0 spiro atoms. The Labute approximate surface area is 147 Å². The zero-order valence-electron chi connectivity index (χ0n) is 13.6. The molecule has 6 nitrogen and oxygen atoms in total. The normalized spacial score (nSPS) is 18.2. The van der Waals surface area contributed by atoms with Crippen molar-refractivity contribution in [2.24, 2.45) is 5.73 Å². The minimum atomic E-state index is -0.461. The molecule has 1 heterocycles. The molecule has 1 atom stereocenters. The van der Waals surface area contributed by atoms with Crippen LogP contribution in [0.1, 0.15) is 5.56 Å². The third-order valence-corrected chi connectivity index (χ3v) is 4.50. The van der Waals surface area contributed by atoms with Crippen LogP contribution in [0.25, 0.3) is 0 Å². The van der Waals surface area contributed by atoms with Gasteiger partial charge in [-0.1, -0.05) is 30.3 Å². The zero-order valence-corrected chi connectivity index (χ0v) is 14.5. The Hall–Kier alpha value is -1.57. The molecular formula is C17H24N3O3S. The Morgan fingerprint density at radius 3 is 2.92 bits per heavy atom. The first-order valence-electron chi connectivity index (χ1n) is 7.98. The Kier molecular flexibility index (Phi) is 8.07. The molecule has 24 heavy (non-hydrogen) atoms. The Bertz CT molecular complexity index is 527. The molecule has 1 radical (unpaired) electrons. The van der Waals surface area contributed by atoms with Crippen LogP contribution in [0.15, 0.2) is 30.3 Å². The van der Waals surface area contributed by atoms with Gasteiger partial charge in [0.1, 0.15) is 0 Å². The van der Waals surface area contributed by atoms with Crippen LogP contribution in [0.4, 0.5) is 0 Å². The lowest BCUT2D eigenvalue weighted by atomic mass is 10.2. The van der Waals surface area contributed by atoms with E-state index in [1.54, 1.807) is 0 Å². The summed E-state index contributed by atoms with van der Waals surface area (Å²) in [5, 5.41) is 2.88. The molecule has 131 valence electrons. The monoisotopic (exact) mass is 350 g/mol. The van der Waals surface area contributed by atoms with Gasteiger partial charge in [-0.05, 0) is 5.56 Å². The van der Waals surface area contributed by atoms with Crippen molar-refractivity contribution in [1.29, 1.82) is 0 Å². The number of amides is 2. The van der Waals surface area contributed by atoms with Crippen LogP contribution in [0, 0.1) is 6.42 Å². The maximum atomic E-state index is 11.8. The lowest BCUT2D eigenvalue weighted by Crippen LogP contribution is -2.47. The molecule has 1 aliphatic heterocycles. The number of nitrogens with zero attached hydrogens (tertiary/aromatic N) is 1. The maximum absolute atomic E-state index is 11.8. The minimum absolute atomic E-state index is 0.00796. The molecule has 1 fully saturated rings. The molecule has 0 aromatic heterocycles. The van der Waals surface area contributed by atoms with E-state index in [1.807, 2.05) is 18.2 Å². The third-order valence-electron chi connectivity index (χ3n) is 3.63. The number of hydrogen-bond donors (Lipinski definition) is 2. The summed E-state index contributed by atoms with van der Waals surface area (Å²) in [6.45, 7) is 3.78. The second-order valence-corrected chi connectivity index (χ2v) is 6.67. The van der Waals surface area contributed by atoms with Crippen LogP contribution < -0.4 is 11.1 Å². The van der Waals surface area contributed by atoms with Crippen molar-refractivity contribution in [2.45, 2.75) is 12.6 Å². The fourth-order valence-electron chi connectivity index (χ4n) is 2.46. The number of benzene rings is 1. The highest BCUT2D eigenvalue weighted by Gasteiger charge is 2.20. The average molecular weight is 350 g/mol. The van der Waals surface area contributed by atoms with Crippen LogP contribution in [0.2, 0.25) is 0 Å². The summed E-state index contributed by atoms with van der Waals surface area (Å²) in [5.41, 5.74) is 6.29. The van der Waals surface area contributed by atoms with Gasteiger partial charge in [-0.25, -0.2) is 0 Å². The van der Waals surface area contributed by atoms with Crippen LogP contribution in [-0.2, 0) is 20.9 Å². The van der Waals surface area contributed by atoms with E-state index in [9.17, 15) is 9.59 Å². The molecule has 0 saturated carbocycles. The number of carbonyl (C=O) groups excluding carboxylic acids is 2. The number of ether oxygens (including phenoxy) is 1. The van der Waals surface area contributed by atoms with Gasteiger partial charge in [-0.15, -0.1) is 0 Å². The largest absolute Gasteiger partial charge is 0.374 e. The second-order valence-electron chi connectivity index (χ2n) is 5.64. The molecule has 7 heteroatoms. The molecule has 2 rings (SSSR count). The SMILES string of the molecule is NC(=O)[CH]CSCC(=O)NCC1CN(Cc2ccccc2)CCO1. The smallest absolute Gasteiger partial charge is 0.230 e. The second kappa shape index (κ2) is 10.3. The molecule has 0 bridgehead atoms. The fraction of sp³-hybridized carbons (Fsp3) is 0.471. The maximum Gasteiger partial charge on any atom is 0.230 e. The summed E-state index contributed by atoms with van der Waals surface area (Å²) in [6, 6.07) is 10.3. The van der Waals surface area contributed by atoms with Crippen molar-refractivity contribution in [3.05, 3.63) is 42.3 Å². The molecular weight excluding hydrogens is 326 g/mol. The average Bonchev–Trinajstić information content (AvgIpc) is 2.58. The number of hydrogen-bond acceptors (Lipinski definition) is 5. The Morgan fingerprint density at radius 1 is 1.38 bits per heavy atom. The molecule has 3 N–H and O–H groups in total. The number of rotatable bonds is 9. The fourth-order valence-corrected chi connectivity index (χ4v) is 3.15. The van der Waals surface area contributed by atoms with E-state index >= 15 is 0 Å². The highest BCUT2D eigenvalue weighted by molar-refractivity contribution is 8.00. The molecule has 1 aliphatic rings. The summed E-state index contributed by atoms with van der Waals surface area (Å²) >= 11 is 1.36. The molecule has 0 aliphatic carbocycles. The van der Waals surface area contributed by atoms with Crippen molar-refractivity contribution in [3.8, 4) is 0 Å². The van der Waals surface area contributed by atoms with Crippen molar-refractivity contribution in [3.63, 3.8) is 0 Å². The first kappa shape index (κ1) is 18.8. The van der Waals surface area contributed by atoms with E-state index in [0.29, 0.717) is 24.7 Å². The van der Waals surface area contributed by atoms with Gasteiger partial charge in [0.25, 0.3) is 0 Å². The topological polar surface area (TPSA) is 84.7 Å². The molecule has 2 amide bonds. The standard InChI is InChI=1S/C17H24N3O3S/c18-16(21)6-9-24-13-17(22)19-10-15-12-20(7-8-23-15)11-14-4-2-1-3-5-14/h1-6,15H,7-13H2,(H2,18,21)(H,19,22). The zero-order chi connectivity index (χ0) is 17.2. The van der Waals surface area contributed by atoms with Gasteiger partial charge in [-0.2, -0.15) is 11.8 Å². The van der Waals surface area contributed by atoms with Crippen LogP contribution in [0.5, 0.6) is 0 Å². The van der Waals surface area contributed by atoms with Gasteiger partial charge in [0, 0.05) is 31.9 Å². The van der Waals surface area contributed by atoms with Crippen LogP contribution in [-0.4, -0.2) is 60.6 Å². The van der Waals surface area contributed by atoms with Gasteiger partial charge in [0.15, 0.2) is 0 Å². The Morgan fingerprint density at radius 2 is 2.17 bits per heavy atom. The summed E-state index contributed by atoms with van der Waals surface area (Å²) in [4.78, 5) is 24.7. The number of nitrogens with one attached hydrogen (secondary N) is 1. The number of morpholine rings is 1. The predicted octanol–water partition coefficient (Wildman–Crippen LogP) is 0.426. The lowest BCUT2D eigenvalue weighted by molar-refractivity contribution is -0.120. The summed E-state index contributed by atoms with van der Waals surface area (Å²) in [7, 11) is 0. The molecule has 1 saturated heterocycles. The van der Waals surface area contributed by atoms with Crippen LogP contribution in [0.3, 0.4) is 0 Å². The van der Waals surface area contributed by atoms with Gasteiger partial charge < -0.3 is 15.8 Å². The van der Waals surface area contributed by atoms with Gasteiger partial charge in [0.2, 0.25) is 11.8 Å². The van der Waals surface area contributed by atoms with Crippen molar-refractivity contribution in [2.75, 3.05) is 37.7 Å². The van der Waals surface area contributed by atoms with Gasteiger partial charge in [-0.3, -0.25) is 14.5 Å². The third kappa shape index (κ3) is 7.33. The van der Waals surface area contributed by atoms with Crippen molar-refractivity contribution >= 4 is 23.6 Å². The minimum Gasteiger partial charge on any atom is -0.374 e. The predicted molar refractivity (Wildman–Crippen MR) is 95.3 cm³/mol. The highest BCUT2D eigenvalue weighted by atomic mass is 32.2. The van der Waals surface area contributed by atoms with E-state index in [1.165, 1.54) is 23.7 Å². The van der Waals surface area contributed by atoms with E-state index in [-0.39, 0.29) is 12.0 Å². The first-order valence-corrected chi connectivity index (χ1v) is 9.14. The highest BCUT2D eigenvalue weighted by Crippen LogP contribution is 2.10. The lowest BCUT2D eigenvalue weighted by Gasteiger charge is -2.33. The summed E-state index contributed by atoms with van der Waals surface area (Å²) in [6.07, 6.45) is 1.37. The van der Waals surface area contributed by atoms with Gasteiger partial charge in [0.05, 0.1) is 24.9 Å².